The minimum Gasteiger partial charge on any atom is -0.390 e. The van der Waals surface area contributed by atoms with Gasteiger partial charge in [-0.05, 0) is 30.7 Å². The molecule has 0 aliphatic carbocycles. The summed E-state index contributed by atoms with van der Waals surface area (Å²) in [6, 6.07) is 3.44. The third-order valence-electron chi connectivity index (χ3n) is 2.40. The van der Waals surface area contributed by atoms with E-state index in [1.54, 1.807) is 6.92 Å². The van der Waals surface area contributed by atoms with Gasteiger partial charge in [0, 0.05) is 11.8 Å². The Balaban J connectivity index is 2.49. The molecule has 2 aromatic rings. The Kier molecular flexibility index (Phi) is 3.10. The van der Waals surface area contributed by atoms with Gasteiger partial charge >= 0.3 is 0 Å². The second-order valence-corrected chi connectivity index (χ2v) is 3.61. The van der Waals surface area contributed by atoms with E-state index in [0.717, 1.165) is 17.7 Å². The van der Waals surface area contributed by atoms with Crippen molar-refractivity contribution in [2.24, 2.45) is 0 Å². The highest BCUT2D eigenvalue weighted by Crippen LogP contribution is 2.18. The van der Waals surface area contributed by atoms with Crippen LogP contribution in [0.3, 0.4) is 0 Å². The van der Waals surface area contributed by atoms with Crippen molar-refractivity contribution in [2.45, 2.75) is 13.5 Å². The van der Waals surface area contributed by atoms with Crippen molar-refractivity contribution >= 4 is 0 Å². The van der Waals surface area contributed by atoms with Gasteiger partial charge in [0.05, 0.1) is 12.3 Å². The van der Waals surface area contributed by atoms with Gasteiger partial charge in [-0.1, -0.05) is 0 Å². The number of aryl methyl sites for hydroxylation is 1. The van der Waals surface area contributed by atoms with Crippen LogP contribution in [0.1, 0.15) is 11.3 Å². The molecule has 1 aromatic heterocycles. The summed E-state index contributed by atoms with van der Waals surface area (Å²) >= 11 is 0. The standard InChI is InChI=1S/C12H10F2N2O/c1-7-5-15-12(16-11(7)6-17)8-2-3-9(13)10(14)4-8/h2-5,17H,6H2,1H3. The minimum atomic E-state index is -0.947. The number of nitrogens with zero attached hydrogens (tertiary/aromatic N) is 2. The lowest BCUT2D eigenvalue weighted by atomic mass is 10.2. The van der Waals surface area contributed by atoms with E-state index in [0.29, 0.717) is 11.3 Å². The fourth-order valence-corrected chi connectivity index (χ4v) is 1.41. The van der Waals surface area contributed by atoms with Gasteiger partial charge in [-0.15, -0.1) is 0 Å². The Morgan fingerprint density at radius 1 is 1.24 bits per heavy atom. The summed E-state index contributed by atoms with van der Waals surface area (Å²) < 4.78 is 25.8. The van der Waals surface area contributed by atoms with E-state index in [2.05, 4.69) is 9.97 Å². The Morgan fingerprint density at radius 2 is 2.00 bits per heavy atom. The molecule has 2 rings (SSSR count). The zero-order valence-corrected chi connectivity index (χ0v) is 9.11. The molecule has 3 nitrogen and oxygen atoms in total. The molecular formula is C12H10F2N2O. The predicted molar refractivity (Wildman–Crippen MR) is 58.0 cm³/mol. The summed E-state index contributed by atoms with van der Waals surface area (Å²) in [6.07, 6.45) is 1.54. The lowest BCUT2D eigenvalue weighted by Gasteiger charge is -2.05. The molecule has 0 aliphatic rings. The molecule has 5 heteroatoms. The van der Waals surface area contributed by atoms with Crippen molar-refractivity contribution in [2.75, 3.05) is 0 Å². The first kappa shape index (κ1) is 11.6. The Bertz CT molecular complexity index is 558. The topological polar surface area (TPSA) is 46.0 Å². The van der Waals surface area contributed by atoms with Crippen LogP contribution in [0.25, 0.3) is 11.4 Å². The van der Waals surface area contributed by atoms with Crippen LogP contribution in [0.15, 0.2) is 24.4 Å². The maximum atomic E-state index is 13.0. The molecule has 0 radical (unpaired) electrons. The molecule has 17 heavy (non-hydrogen) atoms. The monoisotopic (exact) mass is 236 g/mol. The predicted octanol–water partition coefficient (Wildman–Crippen LogP) is 2.22. The van der Waals surface area contributed by atoms with Gasteiger partial charge in [0.2, 0.25) is 0 Å². The zero-order chi connectivity index (χ0) is 12.4. The number of aliphatic hydroxyl groups excluding tert-OH is 1. The number of benzene rings is 1. The van der Waals surface area contributed by atoms with E-state index in [-0.39, 0.29) is 12.4 Å². The van der Waals surface area contributed by atoms with Crippen LogP contribution in [0.4, 0.5) is 8.78 Å². The van der Waals surface area contributed by atoms with Gasteiger partial charge in [-0.2, -0.15) is 0 Å². The van der Waals surface area contributed by atoms with E-state index < -0.39 is 11.6 Å². The van der Waals surface area contributed by atoms with Gasteiger partial charge in [-0.3, -0.25) is 0 Å². The first-order chi connectivity index (χ1) is 8.11. The van der Waals surface area contributed by atoms with Crippen molar-refractivity contribution < 1.29 is 13.9 Å². The molecule has 0 atom stereocenters. The Hall–Kier alpha value is -1.88. The second kappa shape index (κ2) is 4.55. The fourth-order valence-electron chi connectivity index (χ4n) is 1.41. The Labute approximate surface area is 96.8 Å². The average Bonchev–Trinajstić information content (AvgIpc) is 2.33. The molecule has 88 valence electrons. The smallest absolute Gasteiger partial charge is 0.159 e. The van der Waals surface area contributed by atoms with Gasteiger partial charge in [0.15, 0.2) is 17.5 Å². The summed E-state index contributed by atoms with van der Waals surface area (Å²) in [4.78, 5) is 8.10. The largest absolute Gasteiger partial charge is 0.390 e. The van der Waals surface area contributed by atoms with Crippen LogP contribution >= 0.6 is 0 Å². The van der Waals surface area contributed by atoms with E-state index in [1.165, 1.54) is 12.3 Å². The lowest BCUT2D eigenvalue weighted by Crippen LogP contribution is -1.99. The number of rotatable bonds is 2. The van der Waals surface area contributed by atoms with Gasteiger partial charge < -0.3 is 5.11 Å². The van der Waals surface area contributed by atoms with Gasteiger partial charge in [-0.25, -0.2) is 18.7 Å². The molecule has 0 spiro atoms. The fraction of sp³-hybridized carbons (Fsp3) is 0.167. The molecule has 1 aromatic carbocycles. The molecule has 1 N–H and O–H groups in total. The summed E-state index contributed by atoms with van der Waals surface area (Å²) in [7, 11) is 0. The number of aromatic nitrogens is 2. The summed E-state index contributed by atoms with van der Waals surface area (Å²) in [5.41, 5.74) is 1.59. The highest BCUT2D eigenvalue weighted by Gasteiger charge is 2.08. The molecule has 0 fully saturated rings. The number of aliphatic hydroxyl groups is 1. The molecule has 0 saturated carbocycles. The SMILES string of the molecule is Cc1cnc(-c2ccc(F)c(F)c2)nc1CO. The van der Waals surface area contributed by atoms with Gasteiger partial charge in [0.1, 0.15) is 0 Å². The van der Waals surface area contributed by atoms with E-state index in [1.807, 2.05) is 0 Å². The minimum absolute atomic E-state index is 0.217. The molecule has 1 heterocycles. The van der Waals surface area contributed by atoms with Crippen LogP contribution in [-0.4, -0.2) is 15.1 Å². The number of hydrogen-bond acceptors (Lipinski definition) is 3. The second-order valence-electron chi connectivity index (χ2n) is 3.61. The van der Waals surface area contributed by atoms with Crippen molar-refractivity contribution in [3.8, 4) is 11.4 Å². The number of halogens is 2. The van der Waals surface area contributed by atoms with Crippen molar-refractivity contribution in [3.63, 3.8) is 0 Å². The van der Waals surface area contributed by atoms with E-state index in [4.69, 9.17) is 5.11 Å². The molecule has 0 saturated heterocycles. The van der Waals surface area contributed by atoms with Crippen LogP contribution < -0.4 is 0 Å². The lowest BCUT2D eigenvalue weighted by molar-refractivity contribution is 0.276. The first-order valence-electron chi connectivity index (χ1n) is 5.00. The summed E-state index contributed by atoms with van der Waals surface area (Å²) in [5.74, 6) is -1.60. The summed E-state index contributed by atoms with van der Waals surface area (Å²) in [6.45, 7) is 1.55. The third-order valence-corrected chi connectivity index (χ3v) is 2.40. The van der Waals surface area contributed by atoms with E-state index >= 15 is 0 Å². The van der Waals surface area contributed by atoms with E-state index in [9.17, 15) is 8.78 Å². The highest BCUT2D eigenvalue weighted by atomic mass is 19.2. The maximum absolute atomic E-state index is 13.0. The third kappa shape index (κ3) is 2.29. The average molecular weight is 236 g/mol. The van der Waals surface area contributed by atoms with Gasteiger partial charge in [0.25, 0.3) is 0 Å². The molecule has 0 amide bonds. The highest BCUT2D eigenvalue weighted by molar-refractivity contribution is 5.55. The van der Waals surface area contributed by atoms with Crippen molar-refractivity contribution in [1.82, 2.24) is 9.97 Å². The van der Waals surface area contributed by atoms with Crippen LogP contribution in [0, 0.1) is 18.6 Å². The molecule has 0 aliphatic heterocycles. The van der Waals surface area contributed by atoms with Crippen LogP contribution in [0.2, 0.25) is 0 Å². The summed E-state index contributed by atoms with van der Waals surface area (Å²) in [5, 5.41) is 9.06. The molecule has 0 unspecified atom stereocenters. The van der Waals surface area contributed by atoms with Crippen LogP contribution in [-0.2, 0) is 6.61 Å². The zero-order valence-electron chi connectivity index (χ0n) is 9.11. The first-order valence-corrected chi connectivity index (χ1v) is 5.00. The number of hydrogen-bond donors (Lipinski definition) is 1. The quantitative estimate of drug-likeness (QED) is 0.869. The molecular weight excluding hydrogens is 226 g/mol. The van der Waals surface area contributed by atoms with Crippen molar-refractivity contribution in [3.05, 3.63) is 47.3 Å². The normalized spacial score (nSPS) is 10.6. The molecule has 0 bridgehead atoms. The maximum Gasteiger partial charge on any atom is 0.159 e. The Morgan fingerprint density at radius 3 is 2.65 bits per heavy atom. The van der Waals surface area contributed by atoms with Crippen LogP contribution in [0.5, 0.6) is 0 Å². The van der Waals surface area contributed by atoms with Crippen molar-refractivity contribution in [1.29, 1.82) is 0 Å².